The standard InChI is InChI=1S/C11H16O2/c12-11(13)9-8-10-6-4-2-1-3-5-7-10/h6,8-9H,1-5,7H2,(H,12,13)/b9-8?,10-6+. The minimum Gasteiger partial charge on any atom is -0.478 e. The highest BCUT2D eigenvalue weighted by molar-refractivity contribution is 5.80. The summed E-state index contributed by atoms with van der Waals surface area (Å²) in [6, 6.07) is 0. The molecule has 0 atom stereocenters. The zero-order chi connectivity index (χ0) is 9.52. The molecule has 0 radical (unpaired) electrons. The van der Waals surface area contributed by atoms with Crippen molar-refractivity contribution in [2.45, 2.75) is 38.5 Å². The quantitative estimate of drug-likeness (QED) is 0.663. The Bertz CT molecular complexity index is 226. The van der Waals surface area contributed by atoms with Gasteiger partial charge in [-0.3, -0.25) is 0 Å². The first-order valence-corrected chi connectivity index (χ1v) is 4.89. The van der Waals surface area contributed by atoms with Gasteiger partial charge in [-0.2, -0.15) is 0 Å². The maximum atomic E-state index is 10.3. The summed E-state index contributed by atoms with van der Waals surface area (Å²) < 4.78 is 0. The van der Waals surface area contributed by atoms with Gasteiger partial charge in [0, 0.05) is 6.08 Å². The van der Waals surface area contributed by atoms with E-state index in [0.717, 1.165) is 12.8 Å². The lowest BCUT2D eigenvalue weighted by molar-refractivity contribution is -0.131. The summed E-state index contributed by atoms with van der Waals surface area (Å²) >= 11 is 0. The van der Waals surface area contributed by atoms with Crippen molar-refractivity contribution in [1.29, 1.82) is 0 Å². The van der Waals surface area contributed by atoms with E-state index in [1.165, 1.54) is 37.3 Å². The van der Waals surface area contributed by atoms with Crippen molar-refractivity contribution >= 4 is 5.97 Å². The number of rotatable bonds is 2. The molecule has 13 heavy (non-hydrogen) atoms. The van der Waals surface area contributed by atoms with Crippen LogP contribution in [0, 0.1) is 0 Å². The molecule has 0 aromatic rings. The maximum absolute atomic E-state index is 10.3. The highest BCUT2D eigenvalue weighted by atomic mass is 16.4. The Labute approximate surface area is 79.0 Å². The van der Waals surface area contributed by atoms with E-state index < -0.39 is 5.97 Å². The summed E-state index contributed by atoms with van der Waals surface area (Å²) in [6.07, 6.45) is 12.3. The predicted octanol–water partition coefficient (Wildman–Crippen LogP) is 2.91. The minimum atomic E-state index is -0.858. The molecule has 1 N–H and O–H groups in total. The summed E-state index contributed by atoms with van der Waals surface area (Å²) in [5.74, 6) is -0.858. The molecule has 0 heterocycles. The third kappa shape index (κ3) is 4.51. The van der Waals surface area contributed by atoms with Gasteiger partial charge in [0.25, 0.3) is 0 Å². The lowest BCUT2D eigenvalue weighted by Crippen LogP contribution is -1.90. The van der Waals surface area contributed by atoms with Crippen LogP contribution in [0.25, 0.3) is 0 Å². The highest BCUT2D eigenvalue weighted by Crippen LogP contribution is 2.17. The Morgan fingerprint density at radius 3 is 2.85 bits per heavy atom. The van der Waals surface area contributed by atoms with Crippen LogP contribution < -0.4 is 0 Å². The summed E-state index contributed by atoms with van der Waals surface area (Å²) in [6.45, 7) is 0. The van der Waals surface area contributed by atoms with Crippen molar-refractivity contribution < 1.29 is 9.90 Å². The fourth-order valence-electron chi connectivity index (χ4n) is 1.55. The van der Waals surface area contributed by atoms with Crippen LogP contribution in [-0.2, 0) is 4.79 Å². The molecule has 0 unspecified atom stereocenters. The Kier molecular flexibility index (Phi) is 4.30. The number of hydrogen-bond donors (Lipinski definition) is 1. The van der Waals surface area contributed by atoms with Gasteiger partial charge in [-0.1, -0.05) is 30.6 Å². The van der Waals surface area contributed by atoms with E-state index in [4.69, 9.17) is 5.11 Å². The molecule has 1 rings (SSSR count). The Morgan fingerprint density at radius 2 is 2.08 bits per heavy atom. The van der Waals surface area contributed by atoms with Gasteiger partial charge in [0.15, 0.2) is 0 Å². The van der Waals surface area contributed by atoms with E-state index in [-0.39, 0.29) is 0 Å². The molecular weight excluding hydrogens is 164 g/mol. The number of hydrogen-bond acceptors (Lipinski definition) is 1. The highest BCUT2D eigenvalue weighted by Gasteiger charge is 1.99. The van der Waals surface area contributed by atoms with Gasteiger partial charge in [0.2, 0.25) is 0 Å². The molecule has 72 valence electrons. The van der Waals surface area contributed by atoms with Gasteiger partial charge in [-0.25, -0.2) is 4.79 Å². The number of aliphatic carboxylic acids is 1. The van der Waals surface area contributed by atoms with E-state index >= 15 is 0 Å². The van der Waals surface area contributed by atoms with Gasteiger partial charge in [0.1, 0.15) is 0 Å². The second kappa shape index (κ2) is 5.57. The Balaban J connectivity index is 2.49. The smallest absolute Gasteiger partial charge is 0.328 e. The molecule has 0 saturated carbocycles. The first kappa shape index (κ1) is 10.0. The second-order valence-electron chi connectivity index (χ2n) is 3.40. The normalized spacial score (nSPS) is 23.2. The number of allylic oxidation sites excluding steroid dienone is 3. The van der Waals surface area contributed by atoms with Crippen LogP contribution in [0.3, 0.4) is 0 Å². The first-order valence-electron chi connectivity index (χ1n) is 4.89. The average Bonchev–Trinajstić information content (AvgIpc) is 2.01. The van der Waals surface area contributed by atoms with E-state index in [1.807, 2.05) is 0 Å². The van der Waals surface area contributed by atoms with Crippen LogP contribution in [0.1, 0.15) is 38.5 Å². The molecule has 0 spiro atoms. The van der Waals surface area contributed by atoms with E-state index in [9.17, 15) is 4.79 Å². The number of carboxylic acids is 1. The molecule has 0 saturated heterocycles. The third-order valence-corrected chi connectivity index (χ3v) is 2.27. The number of carboxylic acid groups (broad SMARTS) is 1. The van der Waals surface area contributed by atoms with Crippen molar-refractivity contribution in [3.63, 3.8) is 0 Å². The molecule has 0 aromatic carbocycles. The monoisotopic (exact) mass is 180 g/mol. The molecule has 1 aliphatic carbocycles. The van der Waals surface area contributed by atoms with E-state index in [1.54, 1.807) is 6.08 Å². The zero-order valence-electron chi connectivity index (χ0n) is 7.83. The molecule has 0 aliphatic heterocycles. The number of carbonyl (C=O) groups is 1. The van der Waals surface area contributed by atoms with Crippen molar-refractivity contribution in [2.24, 2.45) is 0 Å². The largest absolute Gasteiger partial charge is 0.478 e. The fraction of sp³-hybridized carbons (Fsp3) is 0.545. The second-order valence-corrected chi connectivity index (χ2v) is 3.40. The van der Waals surface area contributed by atoms with Crippen LogP contribution in [0.4, 0.5) is 0 Å². The summed E-state index contributed by atoms with van der Waals surface area (Å²) in [5, 5.41) is 8.46. The molecule has 0 fully saturated rings. The van der Waals surface area contributed by atoms with Crippen molar-refractivity contribution in [3.8, 4) is 0 Å². The van der Waals surface area contributed by atoms with Crippen molar-refractivity contribution in [2.75, 3.05) is 0 Å². The van der Waals surface area contributed by atoms with Gasteiger partial charge >= 0.3 is 5.97 Å². The first-order chi connectivity index (χ1) is 6.29. The predicted molar refractivity (Wildman–Crippen MR) is 52.6 cm³/mol. The molecule has 0 bridgehead atoms. The van der Waals surface area contributed by atoms with Gasteiger partial charge in [0.05, 0.1) is 0 Å². The van der Waals surface area contributed by atoms with Crippen molar-refractivity contribution in [3.05, 3.63) is 23.8 Å². The van der Waals surface area contributed by atoms with Crippen LogP contribution in [-0.4, -0.2) is 11.1 Å². The molecule has 0 amide bonds. The molecule has 0 aromatic heterocycles. The summed E-state index contributed by atoms with van der Waals surface area (Å²) in [4.78, 5) is 10.3. The molecule has 2 heteroatoms. The van der Waals surface area contributed by atoms with Gasteiger partial charge < -0.3 is 5.11 Å². The van der Waals surface area contributed by atoms with Gasteiger partial charge in [-0.05, 0) is 25.7 Å². The fourth-order valence-corrected chi connectivity index (χ4v) is 1.55. The van der Waals surface area contributed by atoms with Crippen LogP contribution in [0.15, 0.2) is 23.8 Å². The SMILES string of the molecule is O=C(O)C=C/C1=C/CCCCCC1. The summed E-state index contributed by atoms with van der Waals surface area (Å²) in [7, 11) is 0. The lowest BCUT2D eigenvalue weighted by atomic mass is 10.00. The lowest BCUT2D eigenvalue weighted by Gasteiger charge is -2.06. The molecule has 2 nitrogen and oxygen atoms in total. The third-order valence-electron chi connectivity index (χ3n) is 2.27. The van der Waals surface area contributed by atoms with Crippen LogP contribution in [0.2, 0.25) is 0 Å². The summed E-state index contributed by atoms with van der Waals surface area (Å²) in [5.41, 5.74) is 1.18. The zero-order valence-corrected chi connectivity index (χ0v) is 7.83. The maximum Gasteiger partial charge on any atom is 0.328 e. The van der Waals surface area contributed by atoms with Crippen LogP contribution >= 0.6 is 0 Å². The molecular formula is C11H16O2. The van der Waals surface area contributed by atoms with Gasteiger partial charge in [-0.15, -0.1) is 0 Å². The van der Waals surface area contributed by atoms with E-state index in [0.29, 0.717) is 0 Å². The minimum absolute atomic E-state index is 0.858. The average molecular weight is 180 g/mol. The van der Waals surface area contributed by atoms with Crippen molar-refractivity contribution in [1.82, 2.24) is 0 Å². The Hall–Kier alpha value is -1.05. The molecule has 1 aliphatic rings. The topological polar surface area (TPSA) is 37.3 Å². The Morgan fingerprint density at radius 1 is 1.31 bits per heavy atom. The van der Waals surface area contributed by atoms with Crippen LogP contribution in [0.5, 0.6) is 0 Å². The van der Waals surface area contributed by atoms with E-state index in [2.05, 4.69) is 6.08 Å².